The molecule has 0 radical (unpaired) electrons. The average Bonchev–Trinajstić information content (AvgIpc) is 3.57. The number of nitrogens with one attached hydrogen (secondary N) is 2. The summed E-state index contributed by atoms with van der Waals surface area (Å²) in [5, 5.41) is 4.93. The predicted molar refractivity (Wildman–Crippen MR) is 162 cm³/mol. The predicted octanol–water partition coefficient (Wildman–Crippen LogP) is 5.68. The number of nitrogen functional groups attached to an aromatic ring is 1. The summed E-state index contributed by atoms with van der Waals surface area (Å²) < 4.78 is 2.35. The van der Waals surface area contributed by atoms with Crippen LogP contribution >= 0.6 is 11.6 Å². The smallest absolute Gasteiger partial charge is 0.205 e. The van der Waals surface area contributed by atoms with Crippen LogP contribution in [0.1, 0.15) is 31.7 Å². The highest BCUT2D eigenvalue weighted by Gasteiger charge is 2.30. The fourth-order valence-corrected chi connectivity index (χ4v) is 6.64. The lowest BCUT2D eigenvalue weighted by Crippen LogP contribution is -2.49. The molecule has 1 saturated heterocycles. The lowest BCUT2D eigenvalue weighted by Gasteiger charge is -2.41. The Kier molecular flexibility index (Phi) is 6.57. The van der Waals surface area contributed by atoms with Crippen molar-refractivity contribution in [1.82, 2.24) is 34.3 Å². The number of H-pyrrole nitrogens is 1. The first kappa shape index (κ1) is 25.3. The third-order valence-electron chi connectivity index (χ3n) is 8.68. The van der Waals surface area contributed by atoms with Crippen molar-refractivity contribution >= 4 is 51.1 Å². The maximum Gasteiger partial charge on any atom is 0.205 e. The number of halogens is 1. The Morgan fingerprint density at radius 2 is 1.70 bits per heavy atom. The van der Waals surface area contributed by atoms with Gasteiger partial charge in [0.2, 0.25) is 5.95 Å². The standard InChI is InChI=1S/C30H34ClN9/c1-38-13-15-39(16-14-38)21-9-11-22(12-10-21)40-17-23(26-28(32)33-18-34-29(26)40)19-5-7-20(8-6-19)35-30-36-25-4-2-3-24(31)27(25)37-30/h2-8,17-18,21-22H,9-16H2,1H3,(H2,32,33,34)(H2,35,36,37)/t21-,22+. The number of para-hydroxylation sites is 1. The molecule has 9 nitrogen and oxygen atoms in total. The molecule has 40 heavy (non-hydrogen) atoms. The first-order chi connectivity index (χ1) is 19.5. The number of anilines is 3. The first-order valence-electron chi connectivity index (χ1n) is 14.1. The Morgan fingerprint density at radius 1 is 0.950 bits per heavy atom. The van der Waals surface area contributed by atoms with E-state index in [1.54, 1.807) is 6.33 Å². The Bertz CT molecular complexity index is 1640. The van der Waals surface area contributed by atoms with Crippen LogP contribution in [0.4, 0.5) is 17.5 Å². The van der Waals surface area contributed by atoms with Crippen molar-refractivity contribution in [3.05, 3.63) is 60.0 Å². The average molecular weight is 556 g/mol. The van der Waals surface area contributed by atoms with E-state index in [1.165, 1.54) is 39.0 Å². The number of piperazine rings is 1. The Labute approximate surface area is 238 Å². The molecule has 4 heterocycles. The van der Waals surface area contributed by atoms with E-state index in [9.17, 15) is 0 Å². The van der Waals surface area contributed by atoms with Gasteiger partial charge in [-0.05, 0) is 62.6 Å². The molecule has 5 aromatic rings. The van der Waals surface area contributed by atoms with Crippen molar-refractivity contribution in [1.29, 1.82) is 0 Å². The Balaban J connectivity index is 1.12. The molecular weight excluding hydrogens is 522 g/mol. The van der Waals surface area contributed by atoms with Crippen LogP contribution in [0.15, 0.2) is 55.0 Å². The van der Waals surface area contributed by atoms with Crippen LogP contribution in [0.25, 0.3) is 33.2 Å². The van der Waals surface area contributed by atoms with E-state index >= 15 is 0 Å². The molecule has 1 aliphatic heterocycles. The summed E-state index contributed by atoms with van der Waals surface area (Å²) in [6.07, 6.45) is 8.55. The zero-order valence-corrected chi connectivity index (χ0v) is 23.4. The Hall–Kier alpha value is -3.66. The normalized spacial score (nSPS) is 20.9. The van der Waals surface area contributed by atoms with Gasteiger partial charge in [-0.25, -0.2) is 15.0 Å². The summed E-state index contributed by atoms with van der Waals surface area (Å²) in [6.45, 7) is 4.70. The SMILES string of the molecule is CN1CCN([C@H]2CC[C@@H](n3cc(-c4ccc(Nc5nc6cccc(Cl)c6[nH]5)cc4)c4c(N)ncnc43)CC2)CC1. The number of aromatic nitrogens is 5. The van der Waals surface area contributed by atoms with Gasteiger partial charge < -0.3 is 25.5 Å². The first-order valence-corrected chi connectivity index (χ1v) is 14.5. The van der Waals surface area contributed by atoms with Gasteiger partial charge >= 0.3 is 0 Å². The molecule has 7 rings (SSSR count). The van der Waals surface area contributed by atoms with E-state index in [0.29, 0.717) is 28.9 Å². The van der Waals surface area contributed by atoms with Crippen molar-refractivity contribution in [3.8, 4) is 11.1 Å². The van der Waals surface area contributed by atoms with Gasteiger partial charge in [0.05, 0.1) is 21.4 Å². The molecule has 2 fully saturated rings. The van der Waals surface area contributed by atoms with Gasteiger partial charge in [0.15, 0.2) is 0 Å². The number of benzene rings is 2. The summed E-state index contributed by atoms with van der Waals surface area (Å²) in [5.41, 5.74) is 12.1. The molecule has 10 heteroatoms. The molecule has 0 atom stereocenters. The zero-order chi connectivity index (χ0) is 27.2. The van der Waals surface area contributed by atoms with Crippen LogP contribution in [-0.2, 0) is 0 Å². The minimum Gasteiger partial charge on any atom is -0.383 e. The maximum absolute atomic E-state index is 6.44. The Morgan fingerprint density at radius 3 is 2.45 bits per heavy atom. The molecule has 1 saturated carbocycles. The molecule has 206 valence electrons. The van der Waals surface area contributed by atoms with Crippen molar-refractivity contribution in [2.24, 2.45) is 0 Å². The lowest BCUT2D eigenvalue weighted by atomic mass is 9.89. The molecule has 1 aliphatic carbocycles. The monoisotopic (exact) mass is 555 g/mol. The molecule has 0 spiro atoms. The van der Waals surface area contributed by atoms with Crippen molar-refractivity contribution in [3.63, 3.8) is 0 Å². The lowest BCUT2D eigenvalue weighted by molar-refractivity contribution is 0.0828. The third kappa shape index (κ3) is 4.68. The second-order valence-corrected chi connectivity index (χ2v) is 11.5. The molecule has 0 bridgehead atoms. The molecule has 4 N–H and O–H groups in total. The van der Waals surface area contributed by atoms with Gasteiger partial charge in [-0.3, -0.25) is 4.90 Å². The number of hydrogen-bond acceptors (Lipinski definition) is 7. The molecule has 0 amide bonds. The van der Waals surface area contributed by atoms with E-state index in [1.807, 2.05) is 18.2 Å². The number of fused-ring (bicyclic) bond motifs is 2. The number of hydrogen-bond donors (Lipinski definition) is 3. The van der Waals surface area contributed by atoms with Crippen molar-refractivity contribution < 1.29 is 0 Å². The fraction of sp³-hybridized carbons (Fsp3) is 0.367. The highest BCUT2D eigenvalue weighted by atomic mass is 35.5. The summed E-state index contributed by atoms with van der Waals surface area (Å²) in [6, 6.07) is 15.1. The van der Waals surface area contributed by atoms with E-state index in [0.717, 1.165) is 51.7 Å². The highest BCUT2D eigenvalue weighted by Crippen LogP contribution is 2.39. The van der Waals surface area contributed by atoms with Crippen LogP contribution in [0, 0.1) is 0 Å². The third-order valence-corrected chi connectivity index (χ3v) is 8.99. The summed E-state index contributed by atoms with van der Waals surface area (Å²) in [4.78, 5) is 22.0. The number of likely N-dealkylation sites (N-methyl/N-ethyl adjacent to an activating group) is 1. The number of nitrogens with two attached hydrogens (primary N) is 1. The van der Waals surface area contributed by atoms with Crippen molar-refractivity contribution in [2.45, 2.75) is 37.8 Å². The van der Waals surface area contributed by atoms with Gasteiger partial charge in [0.1, 0.15) is 17.8 Å². The van der Waals surface area contributed by atoms with Gasteiger partial charge in [-0.2, -0.15) is 0 Å². The van der Waals surface area contributed by atoms with Crippen LogP contribution < -0.4 is 11.1 Å². The van der Waals surface area contributed by atoms with Crippen LogP contribution in [-0.4, -0.2) is 73.6 Å². The maximum atomic E-state index is 6.44. The second kappa shape index (κ2) is 10.4. The number of nitrogens with zero attached hydrogens (tertiary/aromatic N) is 6. The number of rotatable bonds is 5. The minimum atomic E-state index is 0.412. The van der Waals surface area contributed by atoms with Crippen LogP contribution in [0.2, 0.25) is 5.02 Å². The van der Waals surface area contributed by atoms with Gasteiger partial charge in [0, 0.05) is 55.7 Å². The minimum absolute atomic E-state index is 0.412. The molecule has 3 aromatic heterocycles. The highest BCUT2D eigenvalue weighted by molar-refractivity contribution is 6.35. The van der Waals surface area contributed by atoms with Crippen molar-refractivity contribution in [2.75, 3.05) is 44.3 Å². The number of aromatic amines is 1. The van der Waals surface area contributed by atoms with Gasteiger partial charge in [0.25, 0.3) is 0 Å². The van der Waals surface area contributed by atoms with Gasteiger partial charge in [-0.15, -0.1) is 0 Å². The quantitative estimate of drug-likeness (QED) is 0.256. The van der Waals surface area contributed by atoms with Gasteiger partial charge in [-0.1, -0.05) is 29.8 Å². The van der Waals surface area contributed by atoms with E-state index < -0.39 is 0 Å². The number of imidazole rings is 1. The molecule has 2 aliphatic rings. The largest absolute Gasteiger partial charge is 0.383 e. The second-order valence-electron chi connectivity index (χ2n) is 11.1. The zero-order valence-electron chi connectivity index (χ0n) is 22.6. The van der Waals surface area contributed by atoms with E-state index in [4.69, 9.17) is 22.3 Å². The fourth-order valence-electron chi connectivity index (χ4n) is 6.42. The molecule has 0 unspecified atom stereocenters. The topological polar surface area (TPSA) is 104 Å². The summed E-state index contributed by atoms with van der Waals surface area (Å²) >= 11 is 6.30. The summed E-state index contributed by atoms with van der Waals surface area (Å²) in [5.74, 6) is 1.17. The molecular formula is C30H34ClN9. The van der Waals surface area contributed by atoms with Crippen LogP contribution in [0.5, 0.6) is 0 Å². The summed E-state index contributed by atoms with van der Waals surface area (Å²) in [7, 11) is 2.22. The van der Waals surface area contributed by atoms with E-state index in [-0.39, 0.29) is 0 Å². The van der Waals surface area contributed by atoms with E-state index in [2.05, 4.69) is 72.1 Å². The molecule has 2 aromatic carbocycles. The van der Waals surface area contributed by atoms with Crippen LogP contribution in [0.3, 0.4) is 0 Å².